The Hall–Kier alpha value is -3.69. The van der Waals surface area contributed by atoms with Gasteiger partial charge in [-0.25, -0.2) is 0 Å². The Labute approximate surface area is 174 Å². The normalized spacial score (nSPS) is 13.8. The highest BCUT2D eigenvalue weighted by Gasteiger charge is 2.36. The smallest absolute Gasteiger partial charge is 0.431 e. The summed E-state index contributed by atoms with van der Waals surface area (Å²) in [4.78, 5) is 33.5. The molecule has 1 aromatic carbocycles. The van der Waals surface area contributed by atoms with Gasteiger partial charge in [-0.3, -0.25) is 19.6 Å². The van der Waals surface area contributed by atoms with Crippen LogP contribution in [-0.4, -0.2) is 20.9 Å². The molecule has 4 rings (SSSR count). The van der Waals surface area contributed by atoms with Gasteiger partial charge in [0, 0.05) is 17.7 Å². The predicted molar refractivity (Wildman–Crippen MR) is 104 cm³/mol. The molecule has 160 valence electrons. The first-order valence-electron chi connectivity index (χ1n) is 9.41. The maximum Gasteiger partial charge on any atom is 0.431 e. The van der Waals surface area contributed by atoms with Crippen molar-refractivity contribution in [3.63, 3.8) is 0 Å². The van der Waals surface area contributed by atoms with Crippen LogP contribution in [0.1, 0.15) is 46.2 Å². The Morgan fingerprint density at radius 2 is 1.90 bits per heavy atom. The summed E-state index contributed by atoms with van der Waals surface area (Å²) < 4.78 is 45.9. The van der Waals surface area contributed by atoms with Crippen molar-refractivity contribution >= 4 is 5.91 Å². The number of ether oxygens (including phenoxy) is 1. The number of pyridine rings is 1. The average molecular weight is 430 g/mol. The first kappa shape index (κ1) is 20.6. The Balaban J connectivity index is 1.57. The van der Waals surface area contributed by atoms with Gasteiger partial charge in [0.15, 0.2) is 0 Å². The number of hydrogen-bond donors (Lipinski definition) is 2. The third kappa shape index (κ3) is 4.57. The molecule has 0 spiro atoms. The van der Waals surface area contributed by atoms with Crippen LogP contribution in [0.3, 0.4) is 0 Å². The molecule has 1 saturated carbocycles. The summed E-state index contributed by atoms with van der Waals surface area (Å²) in [6.07, 6.45) is 0.705. The zero-order chi connectivity index (χ0) is 22.2. The van der Waals surface area contributed by atoms with E-state index in [1.54, 1.807) is 17.4 Å². The van der Waals surface area contributed by atoms with Gasteiger partial charge in [-0.05, 0) is 36.6 Å². The van der Waals surface area contributed by atoms with Crippen LogP contribution in [-0.2, 0) is 12.8 Å². The van der Waals surface area contributed by atoms with Crippen LogP contribution in [0.4, 0.5) is 13.2 Å². The molecule has 0 aliphatic heterocycles. The Morgan fingerprint density at radius 1 is 1.19 bits per heavy atom. The SMILES string of the molecule is NC(=O)c1cc(-c2ccc(OCc3cncc(C4CC4)n3)cc2)c(C(F)(F)F)[nH]c1=O. The van der Waals surface area contributed by atoms with Crippen molar-refractivity contribution in [3.05, 3.63) is 75.7 Å². The maximum atomic E-state index is 13.4. The van der Waals surface area contributed by atoms with Crippen LogP contribution in [0.2, 0.25) is 0 Å². The van der Waals surface area contributed by atoms with Gasteiger partial charge in [0.2, 0.25) is 0 Å². The molecule has 0 saturated heterocycles. The molecule has 1 aliphatic carbocycles. The summed E-state index contributed by atoms with van der Waals surface area (Å²) in [5, 5.41) is 0. The summed E-state index contributed by atoms with van der Waals surface area (Å²) in [7, 11) is 0. The lowest BCUT2D eigenvalue weighted by molar-refractivity contribution is -0.140. The topological polar surface area (TPSA) is 111 Å². The molecule has 0 radical (unpaired) electrons. The lowest BCUT2D eigenvalue weighted by Gasteiger charge is -2.14. The number of benzene rings is 1. The van der Waals surface area contributed by atoms with Crippen molar-refractivity contribution in [2.24, 2.45) is 5.73 Å². The molecule has 1 amide bonds. The summed E-state index contributed by atoms with van der Waals surface area (Å²) >= 11 is 0. The van der Waals surface area contributed by atoms with Crippen LogP contribution in [0.25, 0.3) is 11.1 Å². The minimum atomic E-state index is -4.83. The molecule has 7 nitrogen and oxygen atoms in total. The molecule has 1 aliphatic rings. The molecular weight excluding hydrogens is 413 g/mol. The molecule has 2 heterocycles. The van der Waals surface area contributed by atoms with Gasteiger partial charge in [0.25, 0.3) is 11.5 Å². The number of amides is 1. The number of nitrogens with one attached hydrogen (secondary N) is 1. The van der Waals surface area contributed by atoms with E-state index in [1.807, 2.05) is 0 Å². The minimum Gasteiger partial charge on any atom is -0.487 e. The van der Waals surface area contributed by atoms with E-state index in [9.17, 15) is 22.8 Å². The lowest BCUT2D eigenvalue weighted by atomic mass is 10.0. The zero-order valence-corrected chi connectivity index (χ0v) is 16.1. The zero-order valence-electron chi connectivity index (χ0n) is 16.1. The van der Waals surface area contributed by atoms with Gasteiger partial charge in [-0.2, -0.15) is 13.2 Å². The predicted octanol–water partition coefficient (Wildman–Crippen LogP) is 3.41. The maximum absolute atomic E-state index is 13.4. The van der Waals surface area contributed by atoms with Crippen molar-refractivity contribution in [2.45, 2.75) is 31.5 Å². The lowest BCUT2D eigenvalue weighted by Crippen LogP contribution is -2.27. The highest BCUT2D eigenvalue weighted by atomic mass is 19.4. The molecule has 3 N–H and O–H groups in total. The van der Waals surface area contributed by atoms with Crippen molar-refractivity contribution in [1.29, 1.82) is 0 Å². The van der Waals surface area contributed by atoms with Crippen LogP contribution in [0.15, 0.2) is 47.5 Å². The van der Waals surface area contributed by atoms with Crippen molar-refractivity contribution in [2.75, 3.05) is 0 Å². The molecule has 10 heteroatoms. The molecule has 3 aromatic rings. The third-order valence-electron chi connectivity index (χ3n) is 4.84. The number of halogens is 3. The second-order valence-electron chi connectivity index (χ2n) is 7.19. The van der Waals surface area contributed by atoms with Gasteiger partial charge in [0.05, 0.1) is 17.6 Å². The van der Waals surface area contributed by atoms with Crippen LogP contribution in [0, 0.1) is 0 Å². The molecule has 2 aromatic heterocycles. The van der Waals surface area contributed by atoms with Gasteiger partial charge < -0.3 is 15.5 Å². The van der Waals surface area contributed by atoms with Crippen molar-refractivity contribution in [1.82, 2.24) is 15.0 Å². The first-order valence-corrected chi connectivity index (χ1v) is 9.41. The van der Waals surface area contributed by atoms with E-state index < -0.39 is 28.9 Å². The van der Waals surface area contributed by atoms with E-state index >= 15 is 0 Å². The van der Waals surface area contributed by atoms with E-state index in [1.165, 1.54) is 24.3 Å². The number of alkyl halides is 3. The second-order valence-corrected chi connectivity index (χ2v) is 7.19. The number of aromatic amines is 1. The Kier molecular flexibility index (Phi) is 5.22. The fraction of sp³-hybridized carbons (Fsp3) is 0.238. The number of nitrogens with zero attached hydrogens (tertiary/aromatic N) is 2. The van der Waals surface area contributed by atoms with Crippen molar-refractivity contribution in [3.8, 4) is 16.9 Å². The first-order chi connectivity index (χ1) is 14.7. The van der Waals surface area contributed by atoms with Gasteiger partial charge in [0.1, 0.15) is 23.6 Å². The number of H-pyrrole nitrogens is 1. The van der Waals surface area contributed by atoms with Crippen LogP contribution in [0.5, 0.6) is 5.75 Å². The summed E-state index contributed by atoms with van der Waals surface area (Å²) in [6.45, 7) is 0.158. The Morgan fingerprint density at radius 3 is 2.52 bits per heavy atom. The van der Waals surface area contributed by atoms with E-state index in [0.717, 1.165) is 24.6 Å². The van der Waals surface area contributed by atoms with E-state index in [0.29, 0.717) is 17.4 Å². The number of rotatable bonds is 6. The monoisotopic (exact) mass is 430 g/mol. The number of primary amides is 1. The van der Waals surface area contributed by atoms with Gasteiger partial charge in [-0.15, -0.1) is 0 Å². The fourth-order valence-electron chi connectivity index (χ4n) is 3.12. The number of carbonyl (C=O) groups excluding carboxylic acids is 1. The van der Waals surface area contributed by atoms with Gasteiger partial charge in [-0.1, -0.05) is 12.1 Å². The van der Waals surface area contributed by atoms with Crippen LogP contribution >= 0.6 is 0 Å². The van der Waals surface area contributed by atoms with E-state index in [-0.39, 0.29) is 17.7 Å². The summed E-state index contributed by atoms with van der Waals surface area (Å²) in [6, 6.07) is 6.62. The van der Waals surface area contributed by atoms with Crippen molar-refractivity contribution < 1.29 is 22.7 Å². The minimum absolute atomic E-state index is 0.133. The average Bonchev–Trinajstić information content (AvgIpc) is 3.57. The van der Waals surface area contributed by atoms with Crippen LogP contribution < -0.4 is 16.0 Å². The quantitative estimate of drug-likeness (QED) is 0.623. The second kappa shape index (κ2) is 7.86. The summed E-state index contributed by atoms with van der Waals surface area (Å²) in [5.41, 5.74) is 3.44. The standard InChI is InChI=1S/C21H17F3N4O3/c22-21(23,24)18-15(7-16(19(25)29)20(30)28-18)11-3-5-14(6-4-11)31-10-13-8-26-9-17(27-13)12-1-2-12/h3-9,12H,1-2,10H2,(H2,25,29)(H,28,30). The summed E-state index contributed by atoms with van der Waals surface area (Å²) in [5.74, 6) is -0.252. The highest BCUT2D eigenvalue weighted by molar-refractivity contribution is 5.94. The van der Waals surface area contributed by atoms with Gasteiger partial charge >= 0.3 is 6.18 Å². The third-order valence-corrected chi connectivity index (χ3v) is 4.84. The highest BCUT2D eigenvalue weighted by Crippen LogP contribution is 2.38. The molecule has 0 unspecified atom stereocenters. The fourth-order valence-corrected chi connectivity index (χ4v) is 3.12. The largest absolute Gasteiger partial charge is 0.487 e. The molecule has 0 bridgehead atoms. The number of aromatic nitrogens is 3. The molecular formula is C21H17F3N4O3. The number of hydrogen-bond acceptors (Lipinski definition) is 5. The Bertz CT molecular complexity index is 1190. The van der Waals surface area contributed by atoms with E-state index in [4.69, 9.17) is 10.5 Å². The number of carbonyl (C=O) groups is 1. The number of nitrogens with two attached hydrogens (primary N) is 1. The molecule has 1 fully saturated rings. The molecule has 0 atom stereocenters. The van der Waals surface area contributed by atoms with E-state index in [2.05, 4.69) is 9.97 Å². The molecule has 31 heavy (non-hydrogen) atoms.